The lowest BCUT2D eigenvalue weighted by molar-refractivity contribution is -0.180. The second-order valence-corrected chi connectivity index (χ2v) is 10.3. The van der Waals surface area contributed by atoms with Crippen LogP contribution in [0, 0.1) is 17.3 Å². The standard InChI is InChI=1S/C23H29NO6/c1-22(2,3)21(27)29-17-15-13-14(16(28-15)18(17)30-23(4,5)6)20(26)24(19(13)25)12-10-8-7-9-11-12/h7-11,13-18H,1-6H3. The largest absolute Gasteiger partial charge is 0.456 e. The average Bonchev–Trinajstić information content (AvgIpc) is 3.25. The van der Waals surface area contributed by atoms with Gasteiger partial charge in [0.2, 0.25) is 11.8 Å². The van der Waals surface area contributed by atoms with Crippen molar-refractivity contribution in [3.05, 3.63) is 30.3 Å². The van der Waals surface area contributed by atoms with Crippen molar-refractivity contribution >= 4 is 23.5 Å². The molecule has 30 heavy (non-hydrogen) atoms. The number of ether oxygens (including phenoxy) is 3. The van der Waals surface area contributed by atoms with Crippen molar-refractivity contribution in [1.29, 1.82) is 0 Å². The number of amides is 2. The molecule has 0 radical (unpaired) electrons. The van der Waals surface area contributed by atoms with Crippen LogP contribution in [0.15, 0.2) is 30.3 Å². The van der Waals surface area contributed by atoms with Crippen molar-refractivity contribution in [2.75, 3.05) is 4.90 Å². The number of para-hydroxylation sites is 1. The van der Waals surface area contributed by atoms with Gasteiger partial charge in [-0.2, -0.15) is 0 Å². The summed E-state index contributed by atoms with van der Waals surface area (Å²) in [6, 6.07) is 8.88. The van der Waals surface area contributed by atoms with Crippen LogP contribution in [-0.4, -0.2) is 47.8 Å². The zero-order valence-electron chi connectivity index (χ0n) is 18.2. The van der Waals surface area contributed by atoms with E-state index in [0.29, 0.717) is 5.69 Å². The minimum absolute atomic E-state index is 0.285. The predicted molar refractivity (Wildman–Crippen MR) is 109 cm³/mol. The summed E-state index contributed by atoms with van der Waals surface area (Å²) in [5.74, 6) is -2.30. The highest BCUT2D eigenvalue weighted by molar-refractivity contribution is 6.22. The first-order valence-electron chi connectivity index (χ1n) is 10.4. The summed E-state index contributed by atoms with van der Waals surface area (Å²) in [6.07, 6.45) is -2.70. The van der Waals surface area contributed by atoms with Gasteiger partial charge in [-0.05, 0) is 53.7 Å². The molecule has 7 nitrogen and oxygen atoms in total. The van der Waals surface area contributed by atoms with E-state index in [1.54, 1.807) is 45.0 Å². The molecule has 3 aliphatic heterocycles. The molecule has 0 N–H and O–H groups in total. The summed E-state index contributed by atoms with van der Waals surface area (Å²) >= 11 is 0. The smallest absolute Gasteiger partial charge is 0.311 e. The van der Waals surface area contributed by atoms with Crippen LogP contribution >= 0.6 is 0 Å². The number of hydrogen-bond donors (Lipinski definition) is 0. The van der Waals surface area contributed by atoms with Gasteiger partial charge in [-0.25, -0.2) is 4.90 Å². The van der Waals surface area contributed by atoms with Crippen molar-refractivity contribution < 1.29 is 28.6 Å². The quantitative estimate of drug-likeness (QED) is 0.558. The predicted octanol–water partition coefficient (Wildman–Crippen LogP) is 2.71. The molecule has 0 aromatic heterocycles. The van der Waals surface area contributed by atoms with Crippen LogP contribution in [0.2, 0.25) is 0 Å². The van der Waals surface area contributed by atoms with Crippen LogP contribution in [-0.2, 0) is 28.6 Å². The molecule has 3 heterocycles. The third-order valence-corrected chi connectivity index (χ3v) is 5.75. The Morgan fingerprint density at radius 3 is 1.93 bits per heavy atom. The van der Waals surface area contributed by atoms with Crippen LogP contribution < -0.4 is 4.90 Å². The normalized spacial score (nSPS) is 33.2. The van der Waals surface area contributed by atoms with Crippen LogP contribution in [0.5, 0.6) is 0 Å². The van der Waals surface area contributed by atoms with E-state index in [4.69, 9.17) is 14.2 Å². The molecule has 6 unspecified atom stereocenters. The third kappa shape index (κ3) is 3.34. The molecule has 0 aliphatic carbocycles. The van der Waals surface area contributed by atoms with Gasteiger partial charge in [-0.1, -0.05) is 18.2 Å². The van der Waals surface area contributed by atoms with E-state index in [1.807, 2.05) is 26.8 Å². The van der Waals surface area contributed by atoms with Crippen LogP contribution in [0.3, 0.4) is 0 Å². The topological polar surface area (TPSA) is 82.1 Å². The van der Waals surface area contributed by atoms with Crippen LogP contribution in [0.25, 0.3) is 0 Å². The molecule has 3 saturated heterocycles. The van der Waals surface area contributed by atoms with E-state index in [-0.39, 0.29) is 17.8 Å². The Morgan fingerprint density at radius 2 is 1.43 bits per heavy atom. The minimum Gasteiger partial charge on any atom is -0.456 e. The highest BCUT2D eigenvalue weighted by Gasteiger charge is 2.71. The molecule has 1 aromatic carbocycles. The summed E-state index contributed by atoms with van der Waals surface area (Å²) in [7, 11) is 0. The number of hydrogen-bond acceptors (Lipinski definition) is 6. The SMILES string of the molecule is CC(C)(C)OC1C(OC(=O)C(C)(C)C)C2OC1C1C(=O)N(c3ccccc3)C(=O)C21. The monoisotopic (exact) mass is 415 g/mol. The van der Waals surface area contributed by atoms with Gasteiger partial charge in [0.1, 0.15) is 18.3 Å². The number of anilines is 1. The molecule has 4 rings (SSSR count). The number of benzene rings is 1. The number of fused-ring (bicyclic) bond motifs is 5. The van der Waals surface area contributed by atoms with Crippen molar-refractivity contribution in [2.45, 2.75) is 71.6 Å². The van der Waals surface area contributed by atoms with Crippen LogP contribution in [0.1, 0.15) is 41.5 Å². The molecule has 1 aromatic rings. The van der Waals surface area contributed by atoms with Gasteiger partial charge in [0.05, 0.1) is 28.5 Å². The Morgan fingerprint density at radius 1 is 0.900 bits per heavy atom. The van der Waals surface area contributed by atoms with Crippen molar-refractivity contribution in [2.24, 2.45) is 17.3 Å². The van der Waals surface area contributed by atoms with Crippen molar-refractivity contribution in [3.63, 3.8) is 0 Å². The Hall–Kier alpha value is -2.25. The lowest BCUT2D eigenvalue weighted by Crippen LogP contribution is -2.53. The molecular formula is C23H29NO6. The first-order valence-corrected chi connectivity index (χ1v) is 10.4. The Balaban J connectivity index is 1.68. The van der Waals surface area contributed by atoms with E-state index in [0.717, 1.165) is 0 Å². The second kappa shape index (κ2) is 6.89. The number of carbonyl (C=O) groups is 3. The van der Waals surface area contributed by atoms with Gasteiger partial charge >= 0.3 is 5.97 Å². The summed E-state index contributed by atoms with van der Waals surface area (Å²) in [4.78, 5) is 40.4. The van der Waals surface area contributed by atoms with E-state index >= 15 is 0 Å². The molecule has 2 amide bonds. The minimum atomic E-state index is -0.741. The highest BCUT2D eigenvalue weighted by Crippen LogP contribution is 2.52. The number of carbonyl (C=O) groups excluding carboxylic acids is 3. The molecule has 6 atom stereocenters. The fraction of sp³-hybridized carbons (Fsp3) is 0.609. The third-order valence-electron chi connectivity index (χ3n) is 5.75. The zero-order valence-corrected chi connectivity index (χ0v) is 18.2. The lowest BCUT2D eigenvalue weighted by atomic mass is 9.77. The Kier molecular flexibility index (Phi) is 4.82. The number of esters is 1. The summed E-state index contributed by atoms with van der Waals surface area (Å²) in [6.45, 7) is 11.0. The molecule has 3 aliphatic rings. The number of nitrogens with zero attached hydrogens (tertiary/aromatic N) is 1. The molecule has 7 heteroatoms. The maximum Gasteiger partial charge on any atom is 0.311 e. The Bertz CT molecular complexity index is 868. The van der Waals surface area contributed by atoms with Gasteiger partial charge in [0, 0.05) is 0 Å². The molecule has 2 bridgehead atoms. The van der Waals surface area contributed by atoms with Gasteiger partial charge in [-0.3, -0.25) is 14.4 Å². The van der Waals surface area contributed by atoms with E-state index in [1.165, 1.54) is 4.90 Å². The first-order chi connectivity index (χ1) is 13.9. The summed E-state index contributed by atoms with van der Waals surface area (Å²) in [5, 5.41) is 0. The van der Waals surface area contributed by atoms with Crippen molar-refractivity contribution in [3.8, 4) is 0 Å². The molecule has 0 saturated carbocycles. The molecule has 162 valence electrons. The van der Waals surface area contributed by atoms with Gasteiger partial charge in [-0.15, -0.1) is 0 Å². The fourth-order valence-corrected chi connectivity index (χ4v) is 4.50. The zero-order chi connectivity index (χ0) is 22.0. The summed E-state index contributed by atoms with van der Waals surface area (Å²) in [5.41, 5.74) is -0.706. The fourth-order valence-electron chi connectivity index (χ4n) is 4.50. The highest BCUT2D eigenvalue weighted by atomic mass is 16.6. The van der Waals surface area contributed by atoms with E-state index in [2.05, 4.69) is 0 Å². The van der Waals surface area contributed by atoms with Gasteiger partial charge in [0.25, 0.3) is 0 Å². The van der Waals surface area contributed by atoms with Gasteiger partial charge < -0.3 is 14.2 Å². The second-order valence-electron chi connectivity index (χ2n) is 10.3. The number of imide groups is 1. The first kappa shape index (κ1) is 21.0. The average molecular weight is 415 g/mol. The van der Waals surface area contributed by atoms with E-state index in [9.17, 15) is 14.4 Å². The van der Waals surface area contributed by atoms with Gasteiger partial charge in [0.15, 0.2) is 6.10 Å². The van der Waals surface area contributed by atoms with Crippen molar-refractivity contribution in [1.82, 2.24) is 0 Å². The molecular weight excluding hydrogens is 386 g/mol. The summed E-state index contributed by atoms with van der Waals surface area (Å²) < 4.78 is 18.1. The maximum atomic E-state index is 13.3. The van der Waals surface area contributed by atoms with Crippen LogP contribution in [0.4, 0.5) is 5.69 Å². The molecule has 3 fully saturated rings. The van der Waals surface area contributed by atoms with E-state index < -0.39 is 47.3 Å². The number of rotatable bonds is 3. The Labute approximate surface area is 176 Å². The molecule has 0 spiro atoms. The lowest BCUT2D eigenvalue weighted by Gasteiger charge is -2.37. The maximum absolute atomic E-state index is 13.3.